The van der Waals surface area contributed by atoms with Crippen LogP contribution in [0.5, 0.6) is 5.75 Å². The van der Waals surface area contributed by atoms with Crippen LogP contribution in [0.2, 0.25) is 0 Å². The second-order valence-electron chi connectivity index (χ2n) is 3.22. The zero-order valence-corrected chi connectivity index (χ0v) is 8.40. The van der Waals surface area contributed by atoms with Gasteiger partial charge in [0.25, 0.3) is 10.1 Å². The number of carbonyl (C=O) groups excluding carboxylic acids is 1. The maximum absolute atomic E-state index is 11.1. The maximum Gasteiger partial charge on any atom is 0.312 e. The molecule has 6 heteroatoms. The third kappa shape index (κ3) is 1.86. The molecule has 1 N–H and O–H groups in total. The molecule has 0 saturated heterocycles. The zero-order valence-electron chi connectivity index (χ0n) is 7.58. The molecule has 1 aliphatic heterocycles. The minimum absolute atomic E-state index is 0.191. The standard InChI is InChI=1S/C9H8O5S/c10-9-5-8(15(11,12)13)6-3-1-2-4-7(6)14-9/h1-4,8H,5H2,(H,11,12,13)/t8-/m0/s1. The minimum Gasteiger partial charge on any atom is -0.426 e. The predicted octanol–water partition coefficient (Wildman–Crippen LogP) is 0.925. The zero-order chi connectivity index (χ0) is 11.1. The van der Waals surface area contributed by atoms with Crippen molar-refractivity contribution in [2.24, 2.45) is 0 Å². The number of hydrogen-bond acceptors (Lipinski definition) is 4. The Bertz CT molecular complexity index is 505. The van der Waals surface area contributed by atoms with E-state index in [1.807, 2.05) is 0 Å². The number of rotatable bonds is 1. The second kappa shape index (κ2) is 3.32. The van der Waals surface area contributed by atoms with Crippen LogP contribution in [0.1, 0.15) is 17.2 Å². The molecule has 0 aliphatic carbocycles. The quantitative estimate of drug-likeness (QED) is 0.439. The summed E-state index contributed by atoms with van der Waals surface area (Å²) in [7, 11) is -4.27. The topological polar surface area (TPSA) is 80.7 Å². The van der Waals surface area contributed by atoms with Gasteiger partial charge in [-0.05, 0) is 6.07 Å². The molecule has 0 saturated carbocycles. The van der Waals surface area contributed by atoms with E-state index in [1.165, 1.54) is 12.1 Å². The number of fused-ring (bicyclic) bond motifs is 1. The predicted molar refractivity (Wildman–Crippen MR) is 51.0 cm³/mol. The lowest BCUT2D eigenvalue weighted by Gasteiger charge is -2.21. The minimum atomic E-state index is -4.27. The fourth-order valence-corrected chi connectivity index (χ4v) is 2.39. The van der Waals surface area contributed by atoms with Crippen LogP contribution in [0.25, 0.3) is 0 Å². The molecule has 0 amide bonds. The Balaban J connectivity index is 2.57. The van der Waals surface area contributed by atoms with Crippen LogP contribution in [-0.4, -0.2) is 18.9 Å². The summed E-state index contributed by atoms with van der Waals surface area (Å²) < 4.78 is 35.9. The van der Waals surface area contributed by atoms with Crippen molar-refractivity contribution in [3.05, 3.63) is 29.8 Å². The van der Waals surface area contributed by atoms with Crippen molar-refractivity contribution in [2.75, 3.05) is 0 Å². The van der Waals surface area contributed by atoms with E-state index in [0.717, 1.165) is 0 Å². The Labute approximate surface area is 86.4 Å². The van der Waals surface area contributed by atoms with Crippen LogP contribution in [0.3, 0.4) is 0 Å². The van der Waals surface area contributed by atoms with Gasteiger partial charge in [-0.25, -0.2) is 0 Å². The first-order chi connectivity index (χ1) is 6.98. The van der Waals surface area contributed by atoms with Crippen LogP contribution in [-0.2, 0) is 14.9 Å². The molecule has 0 radical (unpaired) electrons. The summed E-state index contributed by atoms with van der Waals surface area (Å²) in [5.74, 6) is -0.465. The molecule has 1 heterocycles. The van der Waals surface area contributed by atoms with E-state index in [0.29, 0.717) is 5.56 Å². The van der Waals surface area contributed by atoms with Crippen molar-refractivity contribution in [1.29, 1.82) is 0 Å². The highest BCUT2D eigenvalue weighted by Gasteiger charge is 2.35. The van der Waals surface area contributed by atoms with Crippen molar-refractivity contribution >= 4 is 16.1 Å². The van der Waals surface area contributed by atoms with E-state index < -0.39 is 21.3 Å². The molecule has 15 heavy (non-hydrogen) atoms. The smallest absolute Gasteiger partial charge is 0.312 e. The molecule has 0 bridgehead atoms. The number of hydrogen-bond donors (Lipinski definition) is 1. The summed E-state index contributed by atoms with van der Waals surface area (Å²) in [4.78, 5) is 11.1. The molecule has 1 aliphatic rings. The van der Waals surface area contributed by atoms with Gasteiger partial charge in [0.15, 0.2) is 0 Å². The average Bonchev–Trinajstić information content (AvgIpc) is 2.15. The lowest BCUT2D eigenvalue weighted by molar-refractivity contribution is -0.135. The Morgan fingerprint density at radius 2 is 2.00 bits per heavy atom. The Morgan fingerprint density at radius 3 is 2.67 bits per heavy atom. The fraction of sp³-hybridized carbons (Fsp3) is 0.222. The molecule has 0 spiro atoms. The van der Waals surface area contributed by atoms with Gasteiger partial charge in [-0.2, -0.15) is 8.42 Å². The number of carbonyl (C=O) groups is 1. The molecule has 0 aromatic heterocycles. The summed E-state index contributed by atoms with van der Waals surface area (Å²) in [5.41, 5.74) is 0.319. The first-order valence-corrected chi connectivity index (χ1v) is 5.75. The van der Waals surface area contributed by atoms with E-state index in [-0.39, 0.29) is 12.2 Å². The monoisotopic (exact) mass is 228 g/mol. The van der Waals surface area contributed by atoms with Crippen LogP contribution in [0, 0.1) is 0 Å². The number of esters is 1. The van der Waals surface area contributed by atoms with Crippen LogP contribution >= 0.6 is 0 Å². The van der Waals surface area contributed by atoms with Gasteiger partial charge in [0.1, 0.15) is 11.0 Å². The number of para-hydroxylation sites is 1. The van der Waals surface area contributed by atoms with Gasteiger partial charge < -0.3 is 4.74 Å². The lowest BCUT2D eigenvalue weighted by Crippen LogP contribution is -2.25. The third-order valence-corrected chi connectivity index (χ3v) is 3.34. The summed E-state index contributed by atoms with van der Waals surface area (Å²) >= 11 is 0. The van der Waals surface area contributed by atoms with Gasteiger partial charge in [0.2, 0.25) is 0 Å². The molecule has 1 atom stereocenters. The molecule has 0 unspecified atom stereocenters. The molecule has 2 rings (SSSR count). The van der Waals surface area contributed by atoms with Gasteiger partial charge >= 0.3 is 5.97 Å². The molecular weight excluding hydrogens is 220 g/mol. The van der Waals surface area contributed by atoms with E-state index >= 15 is 0 Å². The normalized spacial score (nSPS) is 20.6. The Hall–Kier alpha value is -1.40. The maximum atomic E-state index is 11.1. The van der Waals surface area contributed by atoms with Crippen LogP contribution < -0.4 is 4.74 Å². The SMILES string of the molecule is O=C1C[C@H](S(=O)(=O)O)c2ccccc2O1. The molecule has 0 fully saturated rings. The molecule has 1 aromatic carbocycles. The Kier molecular flexibility index (Phi) is 2.24. The van der Waals surface area contributed by atoms with Gasteiger partial charge in [-0.15, -0.1) is 0 Å². The van der Waals surface area contributed by atoms with E-state index in [2.05, 4.69) is 0 Å². The van der Waals surface area contributed by atoms with E-state index in [9.17, 15) is 13.2 Å². The molecule has 80 valence electrons. The van der Waals surface area contributed by atoms with E-state index in [4.69, 9.17) is 9.29 Å². The summed E-state index contributed by atoms with van der Waals surface area (Å²) in [6.45, 7) is 0. The van der Waals surface area contributed by atoms with Gasteiger partial charge in [-0.3, -0.25) is 9.35 Å². The van der Waals surface area contributed by atoms with Crippen molar-refractivity contribution in [3.8, 4) is 5.75 Å². The lowest BCUT2D eigenvalue weighted by atomic mass is 10.1. The highest BCUT2D eigenvalue weighted by atomic mass is 32.2. The largest absolute Gasteiger partial charge is 0.426 e. The number of benzene rings is 1. The van der Waals surface area contributed by atoms with Gasteiger partial charge in [0, 0.05) is 5.56 Å². The van der Waals surface area contributed by atoms with Crippen molar-refractivity contribution in [3.63, 3.8) is 0 Å². The summed E-state index contributed by atoms with van der Waals surface area (Å²) in [5, 5.41) is -1.21. The van der Waals surface area contributed by atoms with Crippen molar-refractivity contribution < 1.29 is 22.5 Å². The highest BCUT2D eigenvalue weighted by molar-refractivity contribution is 7.86. The van der Waals surface area contributed by atoms with Crippen LogP contribution in [0.4, 0.5) is 0 Å². The first kappa shape index (κ1) is 10.1. The van der Waals surface area contributed by atoms with Crippen molar-refractivity contribution in [2.45, 2.75) is 11.7 Å². The molecule has 1 aromatic rings. The summed E-state index contributed by atoms with van der Waals surface area (Å²) in [6.07, 6.45) is -0.351. The van der Waals surface area contributed by atoms with Crippen molar-refractivity contribution in [1.82, 2.24) is 0 Å². The second-order valence-corrected chi connectivity index (χ2v) is 4.82. The fourth-order valence-electron chi connectivity index (χ4n) is 1.53. The van der Waals surface area contributed by atoms with Gasteiger partial charge in [0.05, 0.1) is 6.42 Å². The average molecular weight is 228 g/mol. The molecule has 5 nitrogen and oxygen atoms in total. The third-order valence-electron chi connectivity index (χ3n) is 2.20. The molecular formula is C9H8O5S. The first-order valence-electron chi connectivity index (χ1n) is 4.24. The van der Waals surface area contributed by atoms with E-state index in [1.54, 1.807) is 12.1 Å². The van der Waals surface area contributed by atoms with Gasteiger partial charge in [-0.1, -0.05) is 18.2 Å². The van der Waals surface area contributed by atoms with Crippen LogP contribution in [0.15, 0.2) is 24.3 Å². The Morgan fingerprint density at radius 1 is 1.33 bits per heavy atom. The summed E-state index contributed by atoms with van der Waals surface area (Å²) in [6, 6.07) is 6.25. The number of ether oxygens (including phenoxy) is 1. The highest BCUT2D eigenvalue weighted by Crippen LogP contribution is 2.36.